The number of aromatic nitrogens is 2. The Bertz CT molecular complexity index is 1360. The van der Waals surface area contributed by atoms with E-state index in [2.05, 4.69) is 16.5 Å². The fourth-order valence-corrected chi connectivity index (χ4v) is 3.65. The lowest BCUT2D eigenvalue weighted by Gasteiger charge is -2.07. The number of hydrogen-bond donors (Lipinski definition) is 1. The average Bonchev–Trinajstić information content (AvgIpc) is 3.38. The highest BCUT2D eigenvalue weighted by atomic mass is 16.6. The molecule has 2 aromatic carbocycles. The molecular weight excluding hydrogens is 436 g/mol. The van der Waals surface area contributed by atoms with Gasteiger partial charge in [0.15, 0.2) is 11.5 Å². The van der Waals surface area contributed by atoms with Crippen LogP contribution in [0.4, 0.5) is 11.4 Å². The molecule has 0 saturated carbocycles. The van der Waals surface area contributed by atoms with Crippen molar-refractivity contribution in [2.24, 2.45) is 0 Å². The summed E-state index contributed by atoms with van der Waals surface area (Å²) in [4.78, 5) is 23.4. The Balaban J connectivity index is 1.43. The third kappa shape index (κ3) is 4.98. The van der Waals surface area contributed by atoms with Crippen LogP contribution in [0.3, 0.4) is 0 Å². The zero-order valence-corrected chi connectivity index (χ0v) is 19.1. The molecule has 0 saturated heterocycles. The highest BCUT2D eigenvalue weighted by Gasteiger charge is 2.19. The maximum atomic E-state index is 12.8. The molecule has 0 spiro atoms. The first-order chi connectivity index (χ1) is 16.3. The maximum Gasteiger partial charge on any atom is 0.310 e. The molecule has 2 aromatic heterocycles. The van der Waals surface area contributed by atoms with Crippen molar-refractivity contribution in [1.82, 2.24) is 9.78 Å². The summed E-state index contributed by atoms with van der Waals surface area (Å²) >= 11 is 0. The molecule has 4 rings (SSSR count). The first kappa shape index (κ1) is 22.8. The van der Waals surface area contributed by atoms with Crippen LogP contribution in [-0.4, -0.2) is 20.6 Å². The summed E-state index contributed by atoms with van der Waals surface area (Å²) in [5.74, 6) is 0.179. The molecule has 34 heavy (non-hydrogen) atoms. The van der Waals surface area contributed by atoms with Crippen molar-refractivity contribution >= 4 is 17.3 Å². The molecule has 0 atom stereocenters. The van der Waals surface area contributed by atoms with Crippen LogP contribution >= 0.6 is 0 Å². The monoisotopic (exact) mass is 460 g/mol. The molecule has 174 valence electrons. The van der Waals surface area contributed by atoms with Crippen LogP contribution in [0.25, 0.3) is 0 Å². The van der Waals surface area contributed by atoms with E-state index in [1.165, 1.54) is 23.8 Å². The predicted octanol–water partition coefficient (Wildman–Crippen LogP) is 5.19. The van der Waals surface area contributed by atoms with Crippen LogP contribution in [0.1, 0.15) is 38.8 Å². The van der Waals surface area contributed by atoms with Crippen molar-refractivity contribution in [2.75, 3.05) is 5.32 Å². The first-order valence-electron chi connectivity index (χ1n) is 10.7. The van der Waals surface area contributed by atoms with Crippen molar-refractivity contribution in [3.05, 3.63) is 105 Å². The second-order valence-electron chi connectivity index (χ2n) is 7.93. The van der Waals surface area contributed by atoms with E-state index < -0.39 is 10.8 Å². The zero-order chi connectivity index (χ0) is 24.2. The van der Waals surface area contributed by atoms with Crippen LogP contribution < -0.4 is 10.1 Å². The van der Waals surface area contributed by atoms with Gasteiger partial charge in [0.25, 0.3) is 5.91 Å². The quantitative estimate of drug-likeness (QED) is 0.286. The van der Waals surface area contributed by atoms with Crippen LogP contribution in [-0.2, 0) is 13.2 Å². The van der Waals surface area contributed by atoms with Gasteiger partial charge in [-0.2, -0.15) is 5.10 Å². The van der Waals surface area contributed by atoms with E-state index in [0.717, 1.165) is 11.3 Å². The lowest BCUT2D eigenvalue weighted by Crippen LogP contribution is -2.12. The Hall–Kier alpha value is -4.40. The summed E-state index contributed by atoms with van der Waals surface area (Å²) in [5, 5.41) is 18.6. The van der Waals surface area contributed by atoms with Gasteiger partial charge in [-0.05, 0) is 44.5 Å². The summed E-state index contributed by atoms with van der Waals surface area (Å²) in [6, 6.07) is 17.4. The van der Waals surface area contributed by atoms with Gasteiger partial charge in [-0.3, -0.25) is 19.6 Å². The van der Waals surface area contributed by atoms with Crippen LogP contribution in [0.5, 0.6) is 5.75 Å². The topological polar surface area (TPSA) is 112 Å². The molecule has 0 aliphatic carbocycles. The number of anilines is 1. The Morgan fingerprint density at radius 1 is 1.12 bits per heavy atom. The number of aryl methyl sites for hydroxylation is 2. The van der Waals surface area contributed by atoms with E-state index in [0.29, 0.717) is 23.7 Å². The van der Waals surface area contributed by atoms with E-state index in [1.54, 1.807) is 18.2 Å². The standard InChI is InChI=1S/C25H24N4O5/c1-16-7-6-8-19(13-16)14-28-18(3)24(17(2)27-28)26-25(30)23-12-11-20(34-23)15-33-22-10-5-4-9-21(22)29(31)32/h4-13H,14-15H2,1-3H3,(H,26,30). The molecule has 1 N–H and O–H groups in total. The highest BCUT2D eigenvalue weighted by molar-refractivity contribution is 6.02. The SMILES string of the molecule is Cc1cccc(Cn2nc(C)c(NC(=O)c3ccc(COc4ccccc4[N+](=O)[O-])o3)c2C)c1. The molecule has 9 heteroatoms. The number of nitro benzene ring substituents is 1. The second-order valence-corrected chi connectivity index (χ2v) is 7.93. The first-order valence-corrected chi connectivity index (χ1v) is 10.7. The smallest absolute Gasteiger partial charge is 0.310 e. The van der Waals surface area contributed by atoms with Gasteiger partial charge in [-0.25, -0.2) is 0 Å². The number of nitrogens with zero attached hydrogens (tertiary/aromatic N) is 3. The lowest BCUT2D eigenvalue weighted by atomic mass is 10.1. The summed E-state index contributed by atoms with van der Waals surface area (Å²) < 4.78 is 13.0. The molecule has 0 bridgehead atoms. The summed E-state index contributed by atoms with van der Waals surface area (Å²) in [5.41, 5.74) is 4.32. The van der Waals surface area contributed by atoms with Crippen LogP contribution in [0.15, 0.2) is 65.1 Å². The minimum atomic E-state index is -0.514. The largest absolute Gasteiger partial charge is 0.479 e. The number of rotatable bonds is 8. The number of benzene rings is 2. The van der Waals surface area contributed by atoms with Gasteiger partial charge < -0.3 is 14.5 Å². The summed E-state index contributed by atoms with van der Waals surface area (Å²) in [6.45, 7) is 6.33. The number of hydrogen-bond acceptors (Lipinski definition) is 6. The maximum absolute atomic E-state index is 12.8. The molecule has 4 aromatic rings. The van der Waals surface area contributed by atoms with Gasteiger partial charge in [-0.1, -0.05) is 42.0 Å². The second kappa shape index (κ2) is 9.62. The molecule has 0 unspecified atom stereocenters. The predicted molar refractivity (Wildman–Crippen MR) is 126 cm³/mol. The zero-order valence-electron chi connectivity index (χ0n) is 19.1. The van der Waals surface area contributed by atoms with E-state index >= 15 is 0 Å². The van der Waals surface area contributed by atoms with Gasteiger partial charge in [0.05, 0.1) is 28.5 Å². The third-order valence-corrected chi connectivity index (χ3v) is 5.35. The molecular formula is C25H24N4O5. The van der Waals surface area contributed by atoms with Gasteiger partial charge in [0.2, 0.25) is 0 Å². The Morgan fingerprint density at radius 3 is 2.68 bits per heavy atom. The van der Waals surface area contributed by atoms with Crippen LogP contribution in [0.2, 0.25) is 0 Å². The summed E-state index contributed by atoms with van der Waals surface area (Å²) in [6.07, 6.45) is 0. The number of carbonyl (C=O) groups is 1. The number of amides is 1. The van der Waals surface area contributed by atoms with Gasteiger partial charge >= 0.3 is 5.69 Å². The Morgan fingerprint density at radius 2 is 1.91 bits per heavy atom. The fourth-order valence-electron chi connectivity index (χ4n) is 3.65. The minimum Gasteiger partial charge on any atom is -0.479 e. The molecule has 2 heterocycles. The van der Waals surface area contributed by atoms with E-state index in [1.807, 2.05) is 43.7 Å². The molecule has 9 nitrogen and oxygen atoms in total. The lowest BCUT2D eigenvalue weighted by molar-refractivity contribution is -0.386. The molecule has 0 aliphatic heterocycles. The molecule has 0 fully saturated rings. The highest BCUT2D eigenvalue weighted by Crippen LogP contribution is 2.27. The molecule has 0 radical (unpaired) electrons. The number of furan rings is 1. The Labute approximate surface area is 196 Å². The van der Waals surface area contributed by atoms with Crippen molar-refractivity contribution in [1.29, 1.82) is 0 Å². The number of nitrogens with one attached hydrogen (secondary N) is 1. The fraction of sp³-hybridized carbons (Fsp3) is 0.200. The number of para-hydroxylation sites is 2. The van der Waals surface area contributed by atoms with Crippen molar-refractivity contribution in [3.63, 3.8) is 0 Å². The third-order valence-electron chi connectivity index (χ3n) is 5.35. The van der Waals surface area contributed by atoms with Crippen LogP contribution in [0, 0.1) is 30.9 Å². The van der Waals surface area contributed by atoms with Gasteiger partial charge in [-0.15, -0.1) is 0 Å². The van der Waals surface area contributed by atoms with E-state index in [-0.39, 0.29) is 23.8 Å². The molecule has 0 aliphatic rings. The summed E-state index contributed by atoms with van der Waals surface area (Å²) in [7, 11) is 0. The number of carbonyl (C=O) groups excluding carboxylic acids is 1. The average molecular weight is 460 g/mol. The number of nitro groups is 1. The van der Waals surface area contributed by atoms with Crippen molar-refractivity contribution in [3.8, 4) is 5.75 Å². The van der Waals surface area contributed by atoms with Gasteiger partial charge in [0, 0.05) is 6.07 Å². The molecule has 1 amide bonds. The Kier molecular flexibility index (Phi) is 6.44. The number of ether oxygens (including phenoxy) is 1. The van der Waals surface area contributed by atoms with Crippen molar-refractivity contribution in [2.45, 2.75) is 33.9 Å². The van der Waals surface area contributed by atoms with Gasteiger partial charge in [0.1, 0.15) is 12.4 Å². The normalized spacial score (nSPS) is 10.8. The van der Waals surface area contributed by atoms with Crippen molar-refractivity contribution < 1.29 is 18.9 Å². The minimum absolute atomic E-state index is 0.0510. The van der Waals surface area contributed by atoms with E-state index in [4.69, 9.17) is 9.15 Å². The van der Waals surface area contributed by atoms with E-state index in [9.17, 15) is 14.9 Å².